The first-order valence-electron chi connectivity index (χ1n) is 11.9. The molecule has 216 valence electrons. The number of pyridine rings is 1. The van der Waals surface area contributed by atoms with Gasteiger partial charge in [0.15, 0.2) is 0 Å². The number of aliphatic carboxylic acids is 1. The number of amides is 2. The highest BCUT2D eigenvalue weighted by atomic mass is 35.5. The van der Waals surface area contributed by atoms with E-state index in [1.165, 1.54) is 6.07 Å². The third-order valence-corrected chi connectivity index (χ3v) is 6.65. The molecule has 5 N–H and O–H groups in total. The molecular weight excluding hydrogens is 581 g/mol. The number of nitrogens with zero attached hydrogens (tertiary/aromatic N) is 1. The highest BCUT2D eigenvalue weighted by Crippen LogP contribution is 2.24. The minimum absolute atomic E-state index is 0.0967. The van der Waals surface area contributed by atoms with Crippen molar-refractivity contribution >= 4 is 52.0 Å². The summed E-state index contributed by atoms with van der Waals surface area (Å²) in [5.41, 5.74) is 2.41. The maximum atomic E-state index is 13.3. The molecule has 0 bridgehead atoms. The van der Waals surface area contributed by atoms with Gasteiger partial charge in [0.2, 0.25) is 11.8 Å². The molecule has 0 aliphatic carbocycles. The molecule has 1 aromatic carbocycles. The summed E-state index contributed by atoms with van der Waals surface area (Å²) in [6.45, 7) is 2.57. The van der Waals surface area contributed by atoms with E-state index in [1.807, 2.05) is 6.07 Å². The van der Waals surface area contributed by atoms with E-state index in [9.17, 15) is 27.2 Å². The predicted octanol–water partition coefficient (Wildman–Crippen LogP) is 3.98. The van der Waals surface area contributed by atoms with Crippen LogP contribution < -0.4 is 16.0 Å². The van der Waals surface area contributed by atoms with Crippen LogP contribution in [0.5, 0.6) is 0 Å². The van der Waals surface area contributed by atoms with Gasteiger partial charge in [-0.3, -0.25) is 9.59 Å². The largest absolute Gasteiger partial charge is 0.490 e. The number of carboxylic acid groups (broad SMARTS) is 1. The molecule has 1 unspecified atom stereocenters. The molecule has 0 spiro atoms. The molecule has 1 saturated heterocycles. The Balaban J connectivity index is 0.000000559. The third kappa shape index (κ3) is 8.54. The lowest BCUT2D eigenvalue weighted by molar-refractivity contribution is -0.192. The van der Waals surface area contributed by atoms with Crippen molar-refractivity contribution in [3.05, 3.63) is 63.6 Å². The number of rotatable bonds is 7. The fourth-order valence-corrected chi connectivity index (χ4v) is 4.40. The lowest BCUT2D eigenvalue weighted by Crippen LogP contribution is -2.49. The van der Waals surface area contributed by atoms with Gasteiger partial charge in [0.25, 0.3) is 0 Å². The second-order valence-electron chi connectivity index (χ2n) is 9.14. The molecule has 40 heavy (non-hydrogen) atoms. The van der Waals surface area contributed by atoms with Gasteiger partial charge < -0.3 is 26.0 Å². The van der Waals surface area contributed by atoms with Crippen molar-refractivity contribution in [2.45, 2.75) is 44.6 Å². The van der Waals surface area contributed by atoms with Crippen molar-refractivity contribution < 1.29 is 37.1 Å². The van der Waals surface area contributed by atoms with Gasteiger partial charge in [0, 0.05) is 24.3 Å². The Morgan fingerprint density at radius 1 is 1.18 bits per heavy atom. The summed E-state index contributed by atoms with van der Waals surface area (Å²) >= 11 is 12.0. The molecule has 15 heteroatoms. The van der Waals surface area contributed by atoms with E-state index in [-0.39, 0.29) is 35.3 Å². The van der Waals surface area contributed by atoms with Crippen molar-refractivity contribution in [2.24, 2.45) is 5.92 Å². The maximum Gasteiger partial charge on any atom is 0.490 e. The Kier molecular flexibility index (Phi) is 10.3. The van der Waals surface area contributed by atoms with E-state index in [4.69, 9.17) is 33.1 Å². The average molecular weight is 606 g/mol. The zero-order valence-corrected chi connectivity index (χ0v) is 22.4. The molecule has 1 aliphatic heterocycles. The number of carboxylic acids is 1. The van der Waals surface area contributed by atoms with Crippen LogP contribution in [0.3, 0.4) is 0 Å². The van der Waals surface area contributed by atoms with Crippen molar-refractivity contribution in [3.8, 4) is 0 Å². The zero-order chi connectivity index (χ0) is 29.6. The Hall–Kier alpha value is -3.42. The van der Waals surface area contributed by atoms with Crippen LogP contribution in [0.4, 0.5) is 17.6 Å². The van der Waals surface area contributed by atoms with Crippen molar-refractivity contribution in [3.63, 3.8) is 0 Å². The number of carbonyl (C=O) groups excluding carboxylic acids is 2. The summed E-state index contributed by atoms with van der Waals surface area (Å²) in [6, 6.07) is 5.46. The van der Waals surface area contributed by atoms with E-state index >= 15 is 0 Å². The number of H-pyrrole nitrogens is 1. The van der Waals surface area contributed by atoms with Crippen molar-refractivity contribution in [2.75, 3.05) is 6.54 Å². The number of hydrogen-bond acceptors (Lipinski definition) is 5. The van der Waals surface area contributed by atoms with Crippen LogP contribution in [-0.4, -0.2) is 57.7 Å². The number of benzene rings is 1. The van der Waals surface area contributed by atoms with Gasteiger partial charge in [-0.1, -0.05) is 29.3 Å². The molecule has 4 rings (SSSR count). The summed E-state index contributed by atoms with van der Waals surface area (Å²) in [6.07, 6.45) is -0.445. The van der Waals surface area contributed by atoms with E-state index in [1.54, 1.807) is 31.5 Å². The van der Waals surface area contributed by atoms with Crippen LogP contribution in [0.2, 0.25) is 10.0 Å². The van der Waals surface area contributed by atoms with E-state index in [0.717, 1.165) is 16.5 Å². The van der Waals surface area contributed by atoms with Gasteiger partial charge in [0.1, 0.15) is 17.5 Å². The fourth-order valence-electron chi connectivity index (χ4n) is 4.00. The Morgan fingerprint density at radius 2 is 1.88 bits per heavy atom. The first kappa shape index (κ1) is 31.1. The maximum absolute atomic E-state index is 13.3. The van der Waals surface area contributed by atoms with Crippen LogP contribution in [0, 0.1) is 11.7 Å². The van der Waals surface area contributed by atoms with E-state index in [2.05, 4.69) is 25.9 Å². The topological polar surface area (TPSA) is 136 Å². The van der Waals surface area contributed by atoms with Crippen LogP contribution >= 0.6 is 23.2 Å². The molecule has 3 aromatic rings. The smallest absolute Gasteiger partial charge is 0.475 e. The first-order valence-corrected chi connectivity index (χ1v) is 12.7. The number of halogens is 6. The van der Waals surface area contributed by atoms with Crippen LogP contribution in [0.1, 0.15) is 24.5 Å². The second kappa shape index (κ2) is 13.3. The second-order valence-corrected chi connectivity index (χ2v) is 9.96. The lowest BCUT2D eigenvalue weighted by atomic mass is 9.96. The van der Waals surface area contributed by atoms with Gasteiger partial charge in [-0.2, -0.15) is 13.2 Å². The van der Waals surface area contributed by atoms with Gasteiger partial charge in [-0.15, -0.1) is 0 Å². The zero-order valence-electron chi connectivity index (χ0n) is 20.9. The summed E-state index contributed by atoms with van der Waals surface area (Å²) in [7, 11) is 0. The molecule has 3 atom stereocenters. The minimum atomic E-state index is -5.08. The summed E-state index contributed by atoms with van der Waals surface area (Å²) in [4.78, 5) is 41.2. The number of carbonyl (C=O) groups is 3. The van der Waals surface area contributed by atoms with E-state index < -0.39 is 24.0 Å². The van der Waals surface area contributed by atoms with Crippen LogP contribution in [0.25, 0.3) is 11.0 Å². The molecule has 9 nitrogen and oxygen atoms in total. The summed E-state index contributed by atoms with van der Waals surface area (Å²) < 4.78 is 45.1. The number of nitrogens with one attached hydrogen (secondary N) is 4. The highest BCUT2D eigenvalue weighted by molar-refractivity contribution is 6.35. The molecule has 3 heterocycles. The molecule has 0 radical (unpaired) electrons. The molecular formula is C25H25Cl2F4N5O4. The number of hydrogen-bond donors (Lipinski definition) is 5. The van der Waals surface area contributed by atoms with Gasteiger partial charge in [-0.05, 0) is 61.6 Å². The molecule has 1 aliphatic rings. The number of alkyl halides is 3. The van der Waals surface area contributed by atoms with Crippen LogP contribution in [0.15, 0.2) is 36.7 Å². The lowest BCUT2D eigenvalue weighted by Gasteiger charge is -2.17. The first-order chi connectivity index (χ1) is 18.7. The normalized spacial score (nSPS) is 17.6. The minimum Gasteiger partial charge on any atom is -0.475 e. The third-order valence-electron chi connectivity index (χ3n) is 6.05. The predicted molar refractivity (Wildman–Crippen MR) is 139 cm³/mol. The number of fused-ring (bicyclic) bond motifs is 1. The molecule has 0 saturated carbocycles. The average Bonchev–Trinajstić information content (AvgIpc) is 3.51. The van der Waals surface area contributed by atoms with Gasteiger partial charge in [-0.25, -0.2) is 14.2 Å². The molecule has 2 aromatic heterocycles. The molecule has 2 amide bonds. The standard InChI is InChI=1S/C23H24Cl2FN5O2.C2HF3O2/c1-12(22(32)30-10-15-5-16-18(25)11-29-21(16)28-9-15)31-23(33)20-7-14(8-27-20)4-13-2-3-19(26)17(24)6-13;3-2(4,5)1(6)7/h2-3,5-6,9,11-12,14,20,27H,4,7-8,10H2,1H3,(H,28,29)(H,30,32)(H,31,33);(H,6,7)/t12-,14-,20?;/m0./s1. The number of aromatic nitrogens is 2. The Morgan fingerprint density at radius 3 is 2.52 bits per heavy atom. The summed E-state index contributed by atoms with van der Waals surface area (Å²) in [5.74, 6) is -3.50. The van der Waals surface area contributed by atoms with E-state index in [0.29, 0.717) is 30.1 Å². The molecule has 1 fully saturated rings. The summed E-state index contributed by atoms with van der Waals surface area (Å²) in [5, 5.41) is 17.4. The Bertz CT molecular complexity index is 1380. The Labute approximate surface area is 235 Å². The highest BCUT2D eigenvalue weighted by Gasteiger charge is 2.38. The van der Waals surface area contributed by atoms with Gasteiger partial charge >= 0.3 is 12.1 Å². The number of aromatic amines is 1. The monoisotopic (exact) mass is 605 g/mol. The SMILES string of the molecule is C[C@H](NC(=O)C1C[C@H](Cc2ccc(F)c(Cl)c2)CN1)C(=O)NCc1cnc2[nH]cc(Cl)c2c1.O=C(O)C(F)(F)F. The van der Waals surface area contributed by atoms with Crippen LogP contribution in [-0.2, 0) is 27.3 Å². The van der Waals surface area contributed by atoms with Crippen molar-refractivity contribution in [1.82, 2.24) is 25.9 Å². The fraction of sp³-hybridized carbons (Fsp3) is 0.360. The van der Waals surface area contributed by atoms with Gasteiger partial charge in [0.05, 0.1) is 16.1 Å². The quantitative estimate of drug-likeness (QED) is 0.258. The van der Waals surface area contributed by atoms with Crippen molar-refractivity contribution in [1.29, 1.82) is 0 Å².